The molecule has 33 heavy (non-hydrogen) atoms. The number of hydrogen-bond donors (Lipinski definition) is 3. The van der Waals surface area contributed by atoms with E-state index in [9.17, 15) is 13.2 Å². The Labute approximate surface area is 195 Å². The number of H-pyrrole nitrogens is 2. The minimum atomic E-state index is -3.02. The van der Waals surface area contributed by atoms with Crippen molar-refractivity contribution in [3.63, 3.8) is 0 Å². The third-order valence-corrected chi connectivity index (χ3v) is 7.95. The SMILES string of the molecule is CS(=O)(=O)CCCNC(=O)C1CCc2[nH]c3ncnc(Sc4ccc5[nH]ncc5c4)c3c2C1. The number of benzene rings is 1. The number of nitrogens with one attached hydrogen (secondary N) is 3. The van der Waals surface area contributed by atoms with Gasteiger partial charge in [0.2, 0.25) is 5.91 Å². The standard InChI is InChI=1S/C22H24N6O3S2/c1-33(30,31)8-2-7-23-21(29)13-3-5-18-16(10-13)19-20(27-18)24-12-25-22(19)32-15-4-6-17-14(9-15)11-26-28-17/h4,6,9,11-13H,2-3,5,7-8,10H2,1H3,(H,23,29)(H,26,28)(H,24,25,27). The van der Waals surface area contributed by atoms with Gasteiger partial charge in [-0.1, -0.05) is 11.8 Å². The second-order valence-electron chi connectivity index (χ2n) is 8.42. The van der Waals surface area contributed by atoms with E-state index in [2.05, 4.69) is 36.5 Å². The van der Waals surface area contributed by atoms with Crippen molar-refractivity contribution in [2.24, 2.45) is 5.92 Å². The molecule has 1 amide bonds. The molecule has 3 aromatic heterocycles. The average Bonchev–Trinajstić information content (AvgIpc) is 3.39. The normalized spacial score (nSPS) is 16.2. The van der Waals surface area contributed by atoms with E-state index in [4.69, 9.17) is 0 Å². The van der Waals surface area contributed by atoms with Crippen molar-refractivity contribution in [3.05, 3.63) is 42.0 Å². The van der Waals surface area contributed by atoms with E-state index in [1.807, 2.05) is 12.1 Å². The van der Waals surface area contributed by atoms with E-state index in [0.29, 0.717) is 19.4 Å². The summed E-state index contributed by atoms with van der Waals surface area (Å²) in [6, 6.07) is 6.11. The number of carbonyl (C=O) groups is 1. The van der Waals surface area contributed by atoms with Crippen molar-refractivity contribution < 1.29 is 13.2 Å². The van der Waals surface area contributed by atoms with Crippen LogP contribution in [0.25, 0.3) is 21.9 Å². The number of aromatic amines is 2. The lowest BCUT2D eigenvalue weighted by atomic mass is 9.86. The Morgan fingerprint density at radius 3 is 3.03 bits per heavy atom. The van der Waals surface area contributed by atoms with Gasteiger partial charge in [-0.2, -0.15) is 5.10 Å². The maximum absolute atomic E-state index is 12.7. The molecule has 5 rings (SSSR count). The molecule has 0 bridgehead atoms. The Balaban J connectivity index is 1.36. The molecule has 3 N–H and O–H groups in total. The van der Waals surface area contributed by atoms with Crippen LogP contribution in [0.5, 0.6) is 0 Å². The zero-order chi connectivity index (χ0) is 23.0. The number of carbonyl (C=O) groups excluding carboxylic acids is 1. The fraction of sp³-hybridized carbons (Fsp3) is 0.364. The van der Waals surface area contributed by atoms with Crippen molar-refractivity contribution in [2.45, 2.75) is 35.6 Å². The second-order valence-corrected chi connectivity index (χ2v) is 11.7. The molecular formula is C22H24N6O3S2. The van der Waals surface area contributed by atoms with Crippen LogP contribution in [0, 0.1) is 5.92 Å². The number of sulfone groups is 1. The van der Waals surface area contributed by atoms with Gasteiger partial charge in [-0.15, -0.1) is 0 Å². The van der Waals surface area contributed by atoms with Crippen molar-refractivity contribution in [2.75, 3.05) is 18.6 Å². The summed E-state index contributed by atoms with van der Waals surface area (Å²) < 4.78 is 22.6. The number of nitrogens with zero attached hydrogens (tertiary/aromatic N) is 3. The van der Waals surface area contributed by atoms with Gasteiger partial charge in [0.05, 0.1) is 22.9 Å². The molecular weight excluding hydrogens is 460 g/mol. The molecule has 0 saturated heterocycles. The molecule has 0 aliphatic heterocycles. The summed E-state index contributed by atoms with van der Waals surface area (Å²) in [6.07, 6.45) is 7.10. The lowest BCUT2D eigenvalue weighted by Gasteiger charge is -2.22. The molecule has 1 unspecified atom stereocenters. The highest BCUT2D eigenvalue weighted by molar-refractivity contribution is 7.99. The van der Waals surface area contributed by atoms with Crippen LogP contribution in [0.2, 0.25) is 0 Å². The minimum absolute atomic E-state index is 0.0278. The highest BCUT2D eigenvalue weighted by atomic mass is 32.2. The van der Waals surface area contributed by atoms with Crippen LogP contribution in [-0.4, -0.2) is 58.0 Å². The highest BCUT2D eigenvalue weighted by Gasteiger charge is 2.29. The van der Waals surface area contributed by atoms with Gasteiger partial charge in [0.15, 0.2) is 0 Å². The number of aryl methyl sites for hydroxylation is 1. The number of hydrogen-bond acceptors (Lipinski definition) is 7. The Bertz CT molecular complexity index is 1440. The summed E-state index contributed by atoms with van der Waals surface area (Å²) in [6.45, 7) is 0.365. The van der Waals surface area contributed by atoms with Gasteiger partial charge in [-0.25, -0.2) is 18.4 Å². The number of aromatic nitrogens is 5. The number of rotatable bonds is 7. The van der Waals surface area contributed by atoms with Crippen molar-refractivity contribution in [3.8, 4) is 0 Å². The molecule has 172 valence electrons. The van der Waals surface area contributed by atoms with Crippen molar-refractivity contribution in [1.29, 1.82) is 0 Å². The monoisotopic (exact) mass is 484 g/mol. The summed E-state index contributed by atoms with van der Waals surface area (Å²) in [5, 5.41) is 12.8. The molecule has 0 spiro atoms. The maximum Gasteiger partial charge on any atom is 0.223 e. The van der Waals surface area contributed by atoms with Crippen LogP contribution >= 0.6 is 11.8 Å². The average molecular weight is 485 g/mol. The third-order valence-electron chi connectivity index (χ3n) is 5.93. The van der Waals surface area contributed by atoms with Crippen LogP contribution in [0.4, 0.5) is 0 Å². The van der Waals surface area contributed by atoms with E-state index in [-0.39, 0.29) is 17.6 Å². The van der Waals surface area contributed by atoms with Crippen LogP contribution in [0.15, 0.2) is 40.6 Å². The summed E-state index contributed by atoms with van der Waals surface area (Å²) in [7, 11) is -3.02. The Morgan fingerprint density at radius 2 is 2.18 bits per heavy atom. The fourth-order valence-corrected chi connectivity index (χ4v) is 5.93. The van der Waals surface area contributed by atoms with Crippen LogP contribution in [0.1, 0.15) is 24.1 Å². The molecule has 0 fully saturated rings. The summed E-state index contributed by atoms with van der Waals surface area (Å²) in [5.41, 5.74) is 3.98. The lowest BCUT2D eigenvalue weighted by Crippen LogP contribution is -2.35. The molecule has 9 nitrogen and oxygen atoms in total. The fourth-order valence-electron chi connectivity index (χ4n) is 4.30. The molecule has 1 aliphatic carbocycles. The maximum atomic E-state index is 12.7. The van der Waals surface area contributed by atoms with Crippen molar-refractivity contribution in [1.82, 2.24) is 30.5 Å². The zero-order valence-corrected chi connectivity index (χ0v) is 19.7. The minimum Gasteiger partial charge on any atom is -0.356 e. The summed E-state index contributed by atoms with van der Waals surface area (Å²) >= 11 is 1.57. The predicted octanol–water partition coefficient (Wildman–Crippen LogP) is 2.64. The van der Waals surface area contributed by atoms with Gasteiger partial charge < -0.3 is 10.3 Å². The molecule has 0 radical (unpaired) electrons. The molecule has 4 aromatic rings. The predicted molar refractivity (Wildman–Crippen MR) is 127 cm³/mol. The van der Waals surface area contributed by atoms with E-state index >= 15 is 0 Å². The van der Waals surface area contributed by atoms with E-state index in [1.165, 1.54) is 6.26 Å². The largest absolute Gasteiger partial charge is 0.356 e. The first kappa shape index (κ1) is 21.9. The first-order valence-electron chi connectivity index (χ1n) is 10.8. The summed E-state index contributed by atoms with van der Waals surface area (Å²) in [4.78, 5) is 26.2. The Hall–Kier alpha value is -2.92. The second kappa shape index (κ2) is 8.79. The van der Waals surface area contributed by atoms with Gasteiger partial charge in [0.1, 0.15) is 26.8 Å². The van der Waals surface area contributed by atoms with E-state index in [1.54, 1.807) is 24.3 Å². The van der Waals surface area contributed by atoms with E-state index < -0.39 is 9.84 Å². The van der Waals surface area contributed by atoms with Gasteiger partial charge in [0, 0.05) is 34.7 Å². The van der Waals surface area contributed by atoms with E-state index in [0.717, 1.165) is 56.0 Å². The van der Waals surface area contributed by atoms with Crippen LogP contribution < -0.4 is 5.32 Å². The van der Waals surface area contributed by atoms with Gasteiger partial charge >= 0.3 is 0 Å². The molecule has 1 aliphatic rings. The number of fused-ring (bicyclic) bond motifs is 4. The Morgan fingerprint density at radius 1 is 1.30 bits per heavy atom. The summed E-state index contributed by atoms with van der Waals surface area (Å²) in [5.74, 6) is -0.109. The van der Waals surface area contributed by atoms with Crippen molar-refractivity contribution >= 4 is 49.4 Å². The number of amides is 1. The van der Waals surface area contributed by atoms with Crippen LogP contribution in [0.3, 0.4) is 0 Å². The topological polar surface area (TPSA) is 133 Å². The first-order chi connectivity index (χ1) is 15.9. The molecule has 11 heteroatoms. The quantitative estimate of drug-likeness (QED) is 0.271. The highest BCUT2D eigenvalue weighted by Crippen LogP contribution is 2.38. The Kier molecular flexibility index (Phi) is 5.83. The first-order valence-corrected chi connectivity index (χ1v) is 13.7. The van der Waals surface area contributed by atoms with Gasteiger partial charge in [-0.3, -0.25) is 9.89 Å². The zero-order valence-electron chi connectivity index (χ0n) is 18.1. The molecule has 3 heterocycles. The molecule has 1 atom stereocenters. The van der Waals surface area contributed by atoms with Crippen LogP contribution in [-0.2, 0) is 27.5 Å². The van der Waals surface area contributed by atoms with Gasteiger partial charge in [0.25, 0.3) is 0 Å². The molecule has 1 aromatic carbocycles. The smallest absolute Gasteiger partial charge is 0.223 e. The molecule has 0 saturated carbocycles. The lowest BCUT2D eigenvalue weighted by molar-refractivity contribution is -0.125. The van der Waals surface area contributed by atoms with Gasteiger partial charge in [-0.05, 0) is 49.4 Å². The third kappa shape index (κ3) is 4.74.